The Hall–Kier alpha value is -1.16. The van der Waals surface area contributed by atoms with Crippen molar-refractivity contribution in [3.63, 3.8) is 0 Å². The third-order valence-corrected chi connectivity index (χ3v) is 3.30. The Morgan fingerprint density at radius 1 is 1.68 bits per heavy atom. The van der Waals surface area contributed by atoms with Gasteiger partial charge < -0.3 is 19.9 Å². The molecule has 1 aliphatic heterocycles. The molecule has 0 saturated carbocycles. The van der Waals surface area contributed by atoms with Gasteiger partial charge in [-0.25, -0.2) is 0 Å². The predicted octanol–water partition coefficient (Wildman–Crippen LogP) is -0.333. The van der Waals surface area contributed by atoms with E-state index in [0.717, 1.165) is 19.7 Å². The number of amides is 1. The van der Waals surface area contributed by atoms with Crippen LogP contribution in [0.1, 0.15) is 13.3 Å². The van der Waals surface area contributed by atoms with Crippen LogP contribution in [0.2, 0.25) is 0 Å². The quantitative estimate of drug-likeness (QED) is 0.714. The van der Waals surface area contributed by atoms with Gasteiger partial charge in [0.2, 0.25) is 5.91 Å². The van der Waals surface area contributed by atoms with E-state index in [9.17, 15) is 4.79 Å². The van der Waals surface area contributed by atoms with E-state index in [2.05, 4.69) is 17.3 Å². The third kappa shape index (κ3) is 5.55. The average Bonchev–Trinajstić information content (AvgIpc) is 2.41. The van der Waals surface area contributed by atoms with Crippen LogP contribution in [0.3, 0.4) is 0 Å². The number of nitriles is 1. The standard InChI is InChI=1S/C13H24N4O2/c1-11(13(18)17(3)6-4-5-14)15-9-12-10-16(2)7-8-19-12/h11-12,15H,4,6-10H2,1-3H3/t11-,12-/m1/s1. The fraction of sp³-hybridized carbons (Fsp3) is 0.846. The van der Waals surface area contributed by atoms with E-state index in [0.29, 0.717) is 19.5 Å². The van der Waals surface area contributed by atoms with Crippen LogP contribution in [0, 0.1) is 11.3 Å². The summed E-state index contributed by atoms with van der Waals surface area (Å²) in [6.07, 6.45) is 0.504. The highest BCUT2D eigenvalue weighted by molar-refractivity contribution is 5.81. The maximum atomic E-state index is 12.0. The number of ether oxygens (including phenoxy) is 1. The summed E-state index contributed by atoms with van der Waals surface area (Å²) in [6, 6.07) is 1.79. The molecule has 1 amide bonds. The molecule has 6 heteroatoms. The van der Waals surface area contributed by atoms with Gasteiger partial charge in [-0.2, -0.15) is 5.26 Å². The third-order valence-electron chi connectivity index (χ3n) is 3.30. The van der Waals surface area contributed by atoms with Crippen molar-refractivity contribution in [3.05, 3.63) is 0 Å². The first-order chi connectivity index (χ1) is 9.04. The van der Waals surface area contributed by atoms with Gasteiger partial charge in [0.15, 0.2) is 0 Å². The van der Waals surface area contributed by atoms with Gasteiger partial charge in [0.05, 0.1) is 31.2 Å². The van der Waals surface area contributed by atoms with Crippen LogP contribution >= 0.6 is 0 Å². The van der Waals surface area contributed by atoms with Crippen molar-refractivity contribution in [2.75, 3.05) is 46.9 Å². The van der Waals surface area contributed by atoms with Gasteiger partial charge in [0.25, 0.3) is 0 Å². The fourth-order valence-corrected chi connectivity index (χ4v) is 2.04. The van der Waals surface area contributed by atoms with E-state index in [4.69, 9.17) is 10.00 Å². The molecule has 0 aromatic rings. The highest BCUT2D eigenvalue weighted by Gasteiger charge is 2.21. The molecular weight excluding hydrogens is 244 g/mol. The first kappa shape index (κ1) is 15.9. The summed E-state index contributed by atoms with van der Waals surface area (Å²) >= 11 is 0. The highest BCUT2D eigenvalue weighted by atomic mass is 16.5. The zero-order valence-corrected chi connectivity index (χ0v) is 12.1. The van der Waals surface area contributed by atoms with Crippen molar-refractivity contribution in [3.8, 4) is 6.07 Å². The summed E-state index contributed by atoms with van der Waals surface area (Å²) in [5, 5.41) is 11.7. The predicted molar refractivity (Wildman–Crippen MR) is 72.6 cm³/mol. The van der Waals surface area contributed by atoms with Gasteiger partial charge in [-0.05, 0) is 14.0 Å². The summed E-state index contributed by atoms with van der Waals surface area (Å²) in [5.74, 6) is 0.0133. The monoisotopic (exact) mass is 268 g/mol. The minimum Gasteiger partial charge on any atom is -0.374 e. The van der Waals surface area contributed by atoms with Crippen molar-refractivity contribution < 1.29 is 9.53 Å². The molecule has 0 aromatic carbocycles. The minimum absolute atomic E-state index is 0.0133. The Morgan fingerprint density at radius 2 is 2.42 bits per heavy atom. The number of rotatable bonds is 6. The van der Waals surface area contributed by atoms with E-state index >= 15 is 0 Å². The Kier molecular flexibility index (Phi) is 6.78. The second-order valence-electron chi connectivity index (χ2n) is 5.05. The molecule has 108 valence electrons. The van der Waals surface area contributed by atoms with Gasteiger partial charge in [0, 0.05) is 33.2 Å². The molecule has 19 heavy (non-hydrogen) atoms. The van der Waals surface area contributed by atoms with Crippen LogP contribution in [-0.2, 0) is 9.53 Å². The zero-order chi connectivity index (χ0) is 14.3. The van der Waals surface area contributed by atoms with Crippen LogP contribution in [0.25, 0.3) is 0 Å². The molecule has 0 spiro atoms. The fourth-order valence-electron chi connectivity index (χ4n) is 2.04. The molecule has 1 N–H and O–H groups in total. The number of hydrogen-bond acceptors (Lipinski definition) is 5. The Morgan fingerprint density at radius 3 is 3.05 bits per heavy atom. The Labute approximate surface area is 115 Å². The van der Waals surface area contributed by atoms with E-state index < -0.39 is 0 Å². The molecular formula is C13H24N4O2. The van der Waals surface area contributed by atoms with E-state index in [1.165, 1.54) is 0 Å². The lowest BCUT2D eigenvalue weighted by molar-refractivity contribution is -0.131. The SMILES string of the molecule is C[C@@H](NC[C@@H]1CN(C)CCO1)C(=O)N(C)CCC#N. The second kappa shape index (κ2) is 8.10. The molecule has 2 atom stereocenters. The first-order valence-corrected chi connectivity index (χ1v) is 6.70. The van der Waals surface area contributed by atoms with Crippen LogP contribution in [0.4, 0.5) is 0 Å². The summed E-state index contributed by atoms with van der Waals surface area (Å²) < 4.78 is 5.63. The van der Waals surface area contributed by atoms with Crippen LogP contribution < -0.4 is 5.32 Å². The minimum atomic E-state index is -0.250. The smallest absolute Gasteiger partial charge is 0.239 e. The molecule has 6 nitrogen and oxygen atoms in total. The largest absolute Gasteiger partial charge is 0.374 e. The lowest BCUT2D eigenvalue weighted by atomic mass is 10.2. The molecule has 1 fully saturated rings. The number of likely N-dealkylation sites (N-methyl/N-ethyl adjacent to an activating group) is 2. The number of carbonyl (C=O) groups is 1. The topological polar surface area (TPSA) is 68.6 Å². The first-order valence-electron chi connectivity index (χ1n) is 6.70. The number of nitrogens with one attached hydrogen (secondary N) is 1. The van der Waals surface area contributed by atoms with E-state index in [-0.39, 0.29) is 18.1 Å². The normalized spacial score (nSPS) is 21.7. The lowest BCUT2D eigenvalue weighted by Crippen LogP contribution is -2.50. The summed E-state index contributed by atoms with van der Waals surface area (Å²) in [7, 11) is 3.79. The Bertz CT molecular complexity index is 329. The van der Waals surface area contributed by atoms with Crippen molar-refractivity contribution in [1.82, 2.24) is 15.1 Å². The van der Waals surface area contributed by atoms with Crippen molar-refractivity contribution in [2.45, 2.75) is 25.5 Å². The molecule has 0 radical (unpaired) electrons. The zero-order valence-electron chi connectivity index (χ0n) is 12.1. The lowest BCUT2D eigenvalue weighted by Gasteiger charge is -2.31. The van der Waals surface area contributed by atoms with Crippen LogP contribution in [0.15, 0.2) is 0 Å². The van der Waals surface area contributed by atoms with Gasteiger partial charge in [-0.15, -0.1) is 0 Å². The maximum absolute atomic E-state index is 12.0. The van der Waals surface area contributed by atoms with Crippen LogP contribution in [0.5, 0.6) is 0 Å². The number of nitrogens with zero attached hydrogens (tertiary/aromatic N) is 3. The molecule has 1 heterocycles. The molecule has 0 aliphatic carbocycles. The summed E-state index contributed by atoms with van der Waals surface area (Å²) in [6.45, 7) is 5.58. The number of hydrogen-bond donors (Lipinski definition) is 1. The molecule has 1 aliphatic rings. The van der Waals surface area contributed by atoms with Gasteiger partial charge in [-0.1, -0.05) is 0 Å². The molecule has 0 bridgehead atoms. The Balaban J connectivity index is 2.28. The van der Waals surface area contributed by atoms with Gasteiger partial charge in [0.1, 0.15) is 0 Å². The number of morpholine rings is 1. The second-order valence-corrected chi connectivity index (χ2v) is 5.05. The maximum Gasteiger partial charge on any atom is 0.239 e. The van der Waals surface area contributed by atoms with Crippen molar-refractivity contribution in [1.29, 1.82) is 5.26 Å². The molecule has 0 unspecified atom stereocenters. The van der Waals surface area contributed by atoms with Gasteiger partial charge in [-0.3, -0.25) is 4.79 Å². The molecule has 1 saturated heterocycles. The summed E-state index contributed by atoms with van der Waals surface area (Å²) in [5.41, 5.74) is 0. The average molecular weight is 268 g/mol. The molecule has 0 aromatic heterocycles. The van der Waals surface area contributed by atoms with Crippen LogP contribution in [-0.4, -0.2) is 74.7 Å². The highest BCUT2D eigenvalue weighted by Crippen LogP contribution is 2.02. The van der Waals surface area contributed by atoms with E-state index in [1.54, 1.807) is 11.9 Å². The molecule has 1 rings (SSSR count). The summed E-state index contributed by atoms with van der Waals surface area (Å²) in [4.78, 5) is 15.8. The van der Waals surface area contributed by atoms with Gasteiger partial charge >= 0.3 is 0 Å². The van der Waals surface area contributed by atoms with E-state index in [1.807, 2.05) is 13.0 Å². The van der Waals surface area contributed by atoms with Crippen molar-refractivity contribution >= 4 is 5.91 Å². The number of carbonyl (C=O) groups excluding carboxylic acids is 1. The van der Waals surface area contributed by atoms with Crippen molar-refractivity contribution in [2.24, 2.45) is 0 Å².